The Morgan fingerprint density at radius 3 is 2.20 bits per heavy atom. The molecule has 0 spiro atoms. The zero-order valence-electron chi connectivity index (χ0n) is 7.78. The van der Waals surface area contributed by atoms with E-state index in [9.17, 15) is 0 Å². The van der Waals surface area contributed by atoms with Gasteiger partial charge in [-0.1, -0.05) is 34.1 Å². The first-order valence-electron chi connectivity index (χ1n) is 4.52. The highest BCUT2D eigenvalue weighted by Gasteiger charge is 2.31. The maximum absolute atomic E-state index is 2.41. The third kappa shape index (κ3) is 1.53. The first kappa shape index (κ1) is 8.10. The van der Waals surface area contributed by atoms with Crippen LogP contribution in [0.2, 0.25) is 0 Å². The van der Waals surface area contributed by atoms with Crippen LogP contribution >= 0.6 is 0 Å². The predicted molar refractivity (Wildman–Crippen MR) is 46.0 cm³/mol. The molecular weight excluding hydrogens is 120 g/mol. The molecule has 0 nitrogen and oxygen atoms in total. The van der Waals surface area contributed by atoms with Crippen LogP contribution in [0.25, 0.3) is 0 Å². The molecule has 0 heteroatoms. The van der Waals surface area contributed by atoms with Crippen molar-refractivity contribution in [2.24, 2.45) is 17.3 Å². The summed E-state index contributed by atoms with van der Waals surface area (Å²) >= 11 is 0. The summed E-state index contributed by atoms with van der Waals surface area (Å²) < 4.78 is 0. The van der Waals surface area contributed by atoms with Gasteiger partial charge in [0.05, 0.1) is 0 Å². The van der Waals surface area contributed by atoms with E-state index in [1.165, 1.54) is 19.3 Å². The van der Waals surface area contributed by atoms with Crippen molar-refractivity contribution in [2.45, 2.75) is 47.0 Å². The fourth-order valence-electron chi connectivity index (χ4n) is 1.91. The Morgan fingerprint density at radius 2 is 1.80 bits per heavy atom. The SMILES string of the molecule is C[C@@H]1CCC(C)(C)[C@@H](C)C1. The van der Waals surface area contributed by atoms with Crippen LogP contribution in [0.3, 0.4) is 0 Å². The summed E-state index contributed by atoms with van der Waals surface area (Å²) in [5.41, 5.74) is 0.618. The predicted octanol–water partition coefficient (Wildman–Crippen LogP) is 3.47. The summed E-state index contributed by atoms with van der Waals surface area (Å²) in [6.07, 6.45) is 4.31. The molecule has 0 bridgehead atoms. The van der Waals surface area contributed by atoms with Crippen LogP contribution in [0.5, 0.6) is 0 Å². The van der Waals surface area contributed by atoms with Gasteiger partial charge in [-0.15, -0.1) is 0 Å². The van der Waals surface area contributed by atoms with Crippen LogP contribution < -0.4 is 0 Å². The van der Waals surface area contributed by atoms with Crippen LogP contribution in [0.4, 0.5) is 0 Å². The Morgan fingerprint density at radius 1 is 1.20 bits per heavy atom. The van der Waals surface area contributed by atoms with E-state index in [2.05, 4.69) is 27.7 Å². The normalized spacial score (nSPS) is 39.6. The second-order valence-electron chi connectivity index (χ2n) is 4.77. The zero-order valence-corrected chi connectivity index (χ0v) is 7.78. The smallest absolute Gasteiger partial charge is 0.0328 e. The minimum atomic E-state index is 0.618. The first-order chi connectivity index (χ1) is 4.52. The fraction of sp³-hybridized carbons (Fsp3) is 1.00. The van der Waals surface area contributed by atoms with E-state index >= 15 is 0 Å². The van der Waals surface area contributed by atoms with Gasteiger partial charge < -0.3 is 0 Å². The van der Waals surface area contributed by atoms with Gasteiger partial charge >= 0.3 is 0 Å². The van der Waals surface area contributed by atoms with Crippen molar-refractivity contribution < 1.29 is 0 Å². The summed E-state index contributed by atoms with van der Waals surface area (Å²) in [7, 11) is 0. The third-order valence-corrected chi connectivity index (χ3v) is 3.37. The molecule has 10 heavy (non-hydrogen) atoms. The van der Waals surface area contributed by atoms with Crippen LogP contribution in [0.1, 0.15) is 47.0 Å². The van der Waals surface area contributed by atoms with Crippen molar-refractivity contribution in [3.05, 3.63) is 0 Å². The van der Waals surface area contributed by atoms with Crippen molar-refractivity contribution in [2.75, 3.05) is 0 Å². The molecular formula is C10H20. The molecule has 0 aromatic rings. The first-order valence-corrected chi connectivity index (χ1v) is 4.52. The van der Waals surface area contributed by atoms with Crippen molar-refractivity contribution in [1.82, 2.24) is 0 Å². The largest absolute Gasteiger partial charge is 0.0625 e. The Bertz CT molecular complexity index is 113. The number of hydrogen-bond donors (Lipinski definition) is 0. The summed E-state index contributed by atoms with van der Waals surface area (Å²) in [5.74, 6) is 1.90. The lowest BCUT2D eigenvalue weighted by Gasteiger charge is -2.39. The van der Waals surface area contributed by atoms with Crippen LogP contribution in [0.15, 0.2) is 0 Å². The highest BCUT2D eigenvalue weighted by Crippen LogP contribution is 2.42. The van der Waals surface area contributed by atoms with Crippen molar-refractivity contribution in [3.8, 4) is 0 Å². The van der Waals surface area contributed by atoms with Crippen molar-refractivity contribution in [3.63, 3.8) is 0 Å². The lowest BCUT2D eigenvalue weighted by molar-refractivity contribution is 0.119. The molecule has 0 N–H and O–H groups in total. The molecule has 0 aromatic carbocycles. The van der Waals surface area contributed by atoms with Gasteiger partial charge in [-0.3, -0.25) is 0 Å². The van der Waals surface area contributed by atoms with E-state index in [1.807, 2.05) is 0 Å². The average Bonchev–Trinajstić information content (AvgIpc) is 1.81. The molecule has 1 aliphatic carbocycles. The Hall–Kier alpha value is 0. The summed E-state index contributed by atoms with van der Waals surface area (Å²) in [6, 6.07) is 0. The maximum atomic E-state index is 2.41. The van der Waals surface area contributed by atoms with E-state index in [4.69, 9.17) is 0 Å². The van der Waals surface area contributed by atoms with Gasteiger partial charge in [0, 0.05) is 0 Å². The van der Waals surface area contributed by atoms with Gasteiger partial charge in [-0.2, -0.15) is 0 Å². The Kier molecular flexibility index (Phi) is 2.07. The third-order valence-electron chi connectivity index (χ3n) is 3.37. The van der Waals surface area contributed by atoms with Gasteiger partial charge in [-0.25, -0.2) is 0 Å². The summed E-state index contributed by atoms with van der Waals surface area (Å²) in [4.78, 5) is 0. The van der Waals surface area contributed by atoms with Gasteiger partial charge in [0.25, 0.3) is 0 Å². The fourth-order valence-corrected chi connectivity index (χ4v) is 1.91. The molecule has 0 radical (unpaired) electrons. The average molecular weight is 140 g/mol. The quantitative estimate of drug-likeness (QED) is 0.483. The van der Waals surface area contributed by atoms with E-state index in [0.717, 1.165) is 11.8 Å². The van der Waals surface area contributed by atoms with E-state index in [-0.39, 0.29) is 0 Å². The summed E-state index contributed by atoms with van der Waals surface area (Å²) in [6.45, 7) is 9.59. The van der Waals surface area contributed by atoms with Crippen molar-refractivity contribution in [1.29, 1.82) is 0 Å². The van der Waals surface area contributed by atoms with Crippen LogP contribution in [0, 0.1) is 17.3 Å². The minimum Gasteiger partial charge on any atom is -0.0625 e. The Labute approximate surface area is 65.0 Å². The van der Waals surface area contributed by atoms with E-state index < -0.39 is 0 Å². The standard InChI is InChI=1S/C10H20/c1-8-5-6-10(3,4)9(2)7-8/h8-9H,5-7H2,1-4H3/t8-,9+/m1/s1. The monoisotopic (exact) mass is 140 g/mol. The van der Waals surface area contributed by atoms with Crippen LogP contribution in [-0.4, -0.2) is 0 Å². The maximum Gasteiger partial charge on any atom is -0.0328 e. The minimum absolute atomic E-state index is 0.618. The van der Waals surface area contributed by atoms with E-state index in [1.54, 1.807) is 0 Å². The molecule has 2 atom stereocenters. The van der Waals surface area contributed by atoms with Crippen LogP contribution in [-0.2, 0) is 0 Å². The molecule has 0 aromatic heterocycles. The zero-order chi connectivity index (χ0) is 7.78. The second-order valence-corrected chi connectivity index (χ2v) is 4.77. The van der Waals surface area contributed by atoms with Gasteiger partial charge in [-0.05, 0) is 30.1 Å². The highest BCUT2D eigenvalue weighted by atomic mass is 14.4. The van der Waals surface area contributed by atoms with E-state index in [0.29, 0.717) is 5.41 Å². The lowest BCUT2D eigenvalue weighted by Crippen LogP contribution is -2.28. The van der Waals surface area contributed by atoms with Gasteiger partial charge in [0.1, 0.15) is 0 Å². The second kappa shape index (κ2) is 2.56. The molecule has 0 aliphatic heterocycles. The van der Waals surface area contributed by atoms with Gasteiger partial charge in [0.15, 0.2) is 0 Å². The molecule has 0 amide bonds. The molecule has 60 valence electrons. The molecule has 1 saturated carbocycles. The molecule has 1 rings (SSSR count). The van der Waals surface area contributed by atoms with Gasteiger partial charge in [0.2, 0.25) is 0 Å². The molecule has 0 heterocycles. The Balaban J connectivity index is 2.52. The molecule has 0 saturated heterocycles. The van der Waals surface area contributed by atoms with Crippen molar-refractivity contribution >= 4 is 0 Å². The lowest BCUT2D eigenvalue weighted by atomic mass is 9.67. The highest BCUT2D eigenvalue weighted by molar-refractivity contribution is 4.82. The molecule has 1 aliphatic rings. The molecule has 0 unspecified atom stereocenters. The number of rotatable bonds is 0. The topological polar surface area (TPSA) is 0 Å². The number of hydrogen-bond acceptors (Lipinski definition) is 0. The summed E-state index contributed by atoms with van der Waals surface area (Å²) in [5, 5.41) is 0. The molecule has 1 fully saturated rings.